The maximum atomic E-state index is 13.7. The van der Waals surface area contributed by atoms with Gasteiger partial charge in [0.2, 0.25) is 6.79 Å². The quantitative estimate of drug-likeness (QED) is 0.825. The minimum Gasteiger partial charge on any atom is -0.494 e. The van der Waals surface area contributed by atoms with E-state index in [0.29, 0.717) is 17.2 Å². The molecule has 1 amide bonds. The van der Waals surface area contributed by atoms with Crippen molar-refractivity contribution in [3.05, 3.63) is 47.8 Å². The SMILES string of the molecule is COc1ccc(C(=O)OC(C)C(=O)Nc2ccc3c(c2)OCO3)cc1F. The molecule has 1 aliphatic heterocycles. The standard InChI is InChI=1S/C18H16FNO6/c1-10(26-18(22)11-3-5-14(23-2)13(19)7-11)17(21)20-12-4-6-15-16(8-12)25-9-24-15/h3-8,10H,9H2,1-2H3,(H,20,21). The van der Waals surface area contributed by atoms with Crippen LogP contribution in [0.15, 0.2) is 36.4 Å². The van der Waals surface area contributed by atoms with Gasteiger partial charge in [-0.05, 0) is 37.3 Å². The number of benzene rings is 2. The summed E-state index contributed by atoms with van der Waals surface area (Å²) in [7, 11) is 1.32. The van der Waals surface area contributed by atoms with E-state index in [1.807, 2.05) is 0 Å². The Kier molecular flexibility index (Phi) is 4.92. The van der Waals surface area contributed by atoms with Crippen LogP contribution in [0.4, 0.5) is 10.1 Å². The molecule has 0 saturated heterocycles. The van der Waals surface area contributed by atoms with Crippen molar-refractivity contribution in [2.24, 2.45) is 0 Å². The minimum atomic E-state index is -1.09. The number of methoxy groups -OCH3 is 1. The van der Waals surface area contributed by atoms with E-state index in [4.69, 9.17) is 18.9 Å². The van der Waals surface area contributed by atoms with Crippen LogP contribution in [-0.4, -0.2) is 31.9 Å². The van der Waals surface area contributed by atoms with Crippen LogP contribution in [0.5, 0.6) is 17.2 Å². The average molecular weight is 361 g/mol. The number of amides is 1. The second kappa shape index (κ2) is 7.30. The molecule has 2 aromatic carbocycles. The number of hydrogen-bond donors (Lipinski definition) is 1. The molecule has 0 fully saturated rings. The van der Waals surface area contributed by atoms with Gasteiger partial charge in [0.15, 0.2) is 29.2 Å². The van der Waals surface area contributed by atoms with Gasteiger partial charge < -0.3 is 24.3 Å². The summed E-state index contributed by atoms with van der Waals surface area (Å²) in [5.74, 6) is -0.939. The van der Waals surface area contributed by atoms with Crippen molar-refractivity contribution >= 4 is 17.6 Å². The second-order valence-corrected chi connectivity index (χ2v) is 5.45. The lowest BCUT2D eigenvalue weighted by Gasteiger charge is -2.14. The Labute approximate surface area is 148 Å². The topological polar surface area (TPSA) is 83.1 Å². The molecule has 0 bridgehead atoms. The molecule has 2 aromatic rings. The smallest absolute Gasteiger partial charge is 0.339 e. The monoisotopic (exact) mass is 361 g/mol. The number of carbonyl (C=O) groups excluding carboxylic acids is 2. The molecule has 3 rings (SSSR count). The Bertz CT molecular complexity index is 854. The summed E-state index contributed by atoms with van der Waals surface area (Å²) in [6, 6.07) is 8.56. The minimum absolute atomic E-state index is 0.00940. The van der Waals surface area contributed by atoms with Crippen molar-refractivity contribution in [2.75, 3.05) is 19.2 Å². The van der Waals surface area contributed by atoms with Crippen LogP contribution >= 0.6 is 0 Å². The van der Waals surface area contributed by atoms with E-state index in [1.165, 1.54) is 26.2 Å². The molecular weight excluding hydrogens is 345 g/mol. The number of ether oxygens (including phenoxy) is 4. The van der Waals surface area contributed by atoms with Crippen molar-refractivity contribution in [3.8, 4) is 17.2 Å². The van der Waals surface area contributed by atoms with Gasteiger partial charge in [-0.15, -0.1) is 0 Å². The maximum absolute atomic E-state index is 13.7. The summed E-state index contributed by atoms with van der Waals surface area (Å²) in [4.78, 5) is 24.3. The van der Waals surface area contributed by atoms with Gasteiger partial charge in [0.25, 0.3) is 5.91 Å². The molecule has 1 heterocycles. The van der Waals surface area contributed by atoms with Crippen LogP contribution in [0.1, 0.15) is 17.3 Å². The summed E-state index contributed by atoms with van der Waals surface area (Å²) in [6.07, 6.45) is -1.09. The van der Waals surface area contributed by atoms with Crippen molar-refractivity contribution < 1.29 is 32.9 Å². The zero-order valence-electron chi connectivity index (χ0n) is 14.1. The van der Waals surface area contributed by atoms with Crippen LogP contribution in [0.3, 0.4) is 0 Å². The molecule has 1 atom stereocenters. The second-order valence-electron chi connectivity index (χ2n) is 5.45. The zero-order valence-corrected chi connectivity index (χ0v) is 14.1. The number of nitrogens with one attached hydrogen (secondary N) is 1. The zero-order chi connectivity index (χ0) is 18.7. The number of rotatable bonds is 5. The first-order valence-corrected chi connectivity index (χ1v) is 7.73. The lowest BCUT2D eigenvalue weighted by molar-refractivity contribution is -0.123. The molecule has 0 radical (unpaired) electrons. The number of esters is 1. The molecule has 26 heavy (non-hydrogen) atoms. The Morgan fingerprint density at radius 3 is 2.65 bits per heavy atom. The molecule has 1 N–H and O–H groups in total. The predicted molar refractivity (Wildman–Crippen MR) is 89.0 cm³/mol. The summed E-state index contributed by atoms with van der Waals surface area (Å²) < 4.78 is 34.0. The third-order valence-electron chi connectivity index (χ3n) is 3.68. The Balaban J connectivity index is 1.61. The fourth-order valence-corrected chi connectivity index (χ4v) is 2.29. The number of carbonyl (C=O) groups is 2. The van der Waals surface area contributed by atoms with E-state index in [1.54, 1.807) is 18.2 Å². The van der Waals surface area contributed by atoms with Crippen molar-refractivity contribution in [3.63, 3.8) is 0 Å². The molecule has 8 heteroatoms. The first kappa shape index (κ1) is 17.5. The molecule has 0 saturated carbocycles. The number of halogens is 1. The van der Waals surface area contributed by atoms with Gasteiger partial charge in [-0.25, -0.2) is 9.18 Å². The number of anilines is 1. The van der Waals surface area contributed by atoms with Gasteiger partial charge in [-0.3, -0.25) is 4.79 Å². The van der Waals surface area contributed by atoms with Gasteiger partial charge in [0, 0.05) is 11.8 Å². The highest BCUT2D eigenvalue weighted by molar-refractivity contribution is 5.97. The molecule has 0 aromatic heterocycles. The van der Waals surface area contributed by atoms with Gasteiger partial charge in [0.1, 0.15) is 0 Å². The van der Waals surface area contributed by atoms with E-state index < -0.39 is 23.8 Å². The predicted octanol–water partition coefficient (Wildman–Crippen LogP) is 2.75. The van der Waals surface area contributed by atoms with E-state index in [9.17, 15) is 14.0 Å². The molecule has 0 spiro atoms. The van der Waals surface area contributed by atoms with Crippen LogP contribution < -0.4 is 19.5 Å². The van der Waals surface area contributed by atoms with E-state index in [-0.39, 0.29) is 18.1 Å². The number of hydrogen-bond acceptors (Lipinski definition) is 6. The van der Waals surface area contributed by atoms with Crippen molar-refractivity contribution in [2.45, 2.75) is 13.0 Å². The van der Waals surface area contributed by atoms with Crippen LogP contribution in [0, 0.1) is 5.82 Å². The molecule has 136 valence electrons. The fourth-order valence-electron chi connectivity index (χ4n) is 2.29. The lowest BCUT2D eigenvalue weighted by atomic mass is 10.2. The third-order valence-corrected chi connectivity index (χ3v) is 3.68. The summed E-state index contributed by atoms with van der Waals surface area (Å²) in [5, 5.41) is 2.61. The van der Waals surface area contributed by atoms with Crippen LogP contribution in [0.25, 0.3) is 0 Å². The highest BCUT2D eigenvalue weighted by atomic mass is 19.1. The number of fused-ring (bicyclic) bond motifs is 1. The first-order chi connectivity index (χ1) is 12.5. The summed E-state index contributed by atoms with van der Waals surface area (Å²) in [6.45, 7) is 1.54. The highest BCUT2D eigenvalue weighted by Gasteiger charge is 2.21. The lowest BCUT2D eigenvalue weighted by Crippen LogP contribution is -2.30. The van der Waals surface area contributed by atoms with E-state index in [0.717, 1.165) is 6.07 Å². The molecule has 0 aliphatic carbocycles. The summed E-state index contributed by atoms with van der Waals surface area (Å²) >= 11 is 0. The maximum Gasteiger partial charge on any atom is 0.339 e. The molecular formula is C18H16FNO6. The average Bonchev–Trinajstić information content (AvgIpc) is 3.09. The first-order valence-electron chi connectivity index (χ1n) is 7.73. The van der Waals surface area contributed by atoms with Gasteiger partial charge in [0.05, 0.1) is 12.7 Å². The van der Waals surface area contributed by atoms with Gasteiger partial charge in [-0.1, -0.05) is 0 Å². The Hall–Kier alpha value is -3.29. The van der Waals surface area contributed by atoms with Gasteiger partial charge in [-0.2, -0.15) is 0 Å². The Morgan fingerprint density at radius 2 is 1.92 bits per heavy atom. The molecule has 1 aliphatic rings. The Morgan fingerprint density at radius 1 is 1.15 bits per heavy atom. The third kappa shape index (κ3) is 3.69. The largest absolute Gasteiger partial charge is 0.494 e. The van der Waals surface area contributed by atoms with Crippen LogP contribution in [0.2, 0.25) is 0 Å². The summed E-state index contributed by atoms with van der Waals surface area (Å²) in [5.41, 5.74) is 0.448. The van der Waals surface area contributed by atoms with E-state index in [2.05, 4.69) is 5.32 Å². The van der Waals surface area contributed by atoms with Crippen molar-refractivity contribution in [1.82, 2.24) is 0 Å². The molecule has 1 unspecified atom stereocenters. The van der Waals surface area contributed by atoms with Crippen LogP contribution in [-0.2, 0) is 9.53 Å². The fraction of sp³-hybridized carbons (Fsp3) is 0.222. The highest BCUT2D eigenvalue weighted by Crippen LogP contribution is 2.34. The van der Waals surface area contributed by atoms with Crippen molar-refractivity contribution in [1.29, 1.82) is 0 Å². The molecule has 7 nitrogen and oxygen atoms in total. The van der Waals surface area contributed by atoms with Gasteiger partial charge >= 0.3 is 5.97 Å². The van der Waals surface area contributed by atoms with E-state index >= 15 is 0 Å². The normalized spacial score (nSPS) is 13.0.